The van der Waals surface area contributed by atoms with Gasteiger partial charge in [0.15, 0.2) is 0 Å². The van der Waals surface area contributed by atoms with Crippen LogP contribution >= 0.6 is 23.4 Å². The fraction of sp³-hybridized carbons (Fsp3) is 0.250. The molecule has 8 heteroatoms. The number of allylic oxidation sites excluding steroid dienone is 2. The lowest BCUT2D eigenvalue weighted by atomic mass is 10.3. The van der Waals surface area contributed by atoms with Gasteiger partial charge in [-0.1, -0.05) is 17.7 Å². The molecule has 1 N–H and O–H groups in total. The maximum absolute atomic E-state index is 13.1. The SMILES string of the molecule is CSc1nn(/C(C)=C\C(C)=N)c(C)c1S(=O)(=O)c1cccc(Cl)c1. The molecule has 0 radical (unpaired) electrons. The molecule has 0 atom stereocenters. The van der Waals surface area contributed by atoms with Crippen LogP contribution in [0.4, 0.5) is 0 Å². The Morgan fingerprint density at radius 3 is 2.58 bits per heavy atom. The Morgan fingerprint density at radius 2 is 2.04 bits per heavy atom. The van der Waals surface area contributed by atoms with Crippen molar-refractivity contribution in [1.82, 2.24) is 9.78 Å². The Balaban J connectivity index is 2.71. The number of halogens is 1. The van der Waals surface area contributed by atoms with Gasteiger partial charge in [0.05, 0.1) is 10.6 Å². The van der Waals surface area contributed by atoms with E-state index < -0.39 is 9.84 Å². The molecule has 128 valence electrons. The molecule has 0 spiro atoms. The quantitative estimate of drug-likeness (QED) is 0.616. The van der Waals surface area contributed by atoms with Crippen molar-refractivity contribution in [2.45, 2.75) is 35.6 Å². The van der Waals surface area contributed by atoms with Crippen LogP contribution in [0.25, 0.3) is 5.70 Å². The molecule has 0 fully saturated rings. The molecule has 0 saturated carbocycles. The summed E-state index contributed by atoms with van der Waals surface area (Å²) in [6.07, 6.45) is 3.42. The van der Waals surface area contributed by atoms with Crippen LogP contribution in [-0.4, -0.2) is 30.2 Å². The molecule has 1 heterocycles. The van der Waals surface area contributed by atoms with E-state index in [9.17, 15) is 8.42 Å². The van der Waals surface area contributed by atoms with Crippen LogP contribution in [0.5, 0.6) is 0 Å². The molecule has 0 aliphatic carbocycles. The highest BCUT2D eigenvalue weighted by atomic mass is 35.5. The molecule has 0 amide bonds. The third-order valence-corrected chi connectivity index (χ3v) is 6.30. The number of rotatable bonds is 5. The summed E-state index contributed by atoms with van der Waals surface area (Å²) in [5.74, 6) is 0. The Labute approximate surface area is 151 Å². The number of nitrogens with zero attached hydrogens (tertiary/aromatic N) is 2. The van der Waals surface area contributed by atoms with Crippen molar-refractivity contribution in [3.05, 3.63) is 41.1 Å². The Morgan fingerprint density at radius 1 is 1.38 bits per heavy atom. The predicted octanol–water partition coefficient (Wildman–Crippen LogP) is 4.30. The molecule has 5 nitrogen and oxygen atoms in total. The molecular weight excluding hydrogens is 366 g/mol. The van der Waals surface area contributed by atoms with Crippen LogP contribution in [0.15, 0.2) is 45.2 Å². The summed E-state index contributed by atoms with van der Waals surface area (Å²) in [5.41, 5.74) is 1.56. The van der Waals surface area contributed by atoms with Gasteiger partial charge in [0.2, 0.25) is 9.84 Å². The first-order valence-electron chi connectivity index (χ1n) is 7.06. The van der Waals surface area contributed by atoms with Crippen molar-refractivity contribution in [2.24, 2.45) is 0 Å². The van der Waals surface area contributed by atoms with Gasteiger partial charge in [0.25, 0.3) is 0 Å². The minimum Gasteiger partial charge on any atom is -0.306 e. The zero-order chi connectivity index (χ0) is 18.1. The molecule has 1 aromatic carbocycles. The molecule has 0 aliphatic rings. The van der Waals surface area contributed by atoms with Crippen LogP contribution in [0.3, 0.4) is 0 Å². The van der Waals surface area contributed by atoms with Crippen molar-refractivity contribution < 1.29 is 8.42 Å². The standard InChI is InChI=1S/C16H18ClN3O2S2/c1-10(18)8-11(2)20-12(3)15(16(19-20)23-4)24(21,22)14-7-5-6-13(17)9-14/h5-9,18H,1-4H3/b11-8-,18-10?. The van der Waals surface area contributed by atoms with Gasteiger partial charge in [-0.3, -0.25) is 0 Å². The number of thioether (sulfide) groups is 1. The first-order valence-corrected chi connectivity index (χ1v) is 10.1. The monoisotopic (exact) mass is 383 g/mol. The van der Waals surface area contributed by atoms with Gasteiger partial charge < -0.3 is 5.41 Å². The number of aromatic nitrogens is 2. The minimum atomic E-state index is -3.75. The van der Waals surface area contributed by atoms with Crippen molar-refractivity contribution in [3.8, 4) is 0 Å². The fourth-order valence-corrected chi connectivity index (χ4v) is 5.23. The van der Waals surface area contributed by atoms with Crippen molar-refractivity contribution >= 4 is 44.6 Å². The maximum atomic E-state index is 13.1. The summed E-state index contributed by atoms with van der Waals surface area (Å²) in [7, 11) is -3.75. The highest BCUT2D eigenvalue weighted by molar-refractivity contribution is 7.99. The fourth-order valence-electron chi connectivity index (χ4n) is 2.37. The zero-order valence-electron chi connectivity index (χ0n) is 13.8. The lowest BCUT2D eigenvalue weighted by molar-refractivity contribution is 0.593. The number of benzene rings is 1. The van der Waals surface area contributed by atoms with Crippen LogP contribution in [0, 0.1) is 12.3 Å². The second kappa shape index (κ2) is 7.13. The number of nitrogens with one attached hydrogen (secondary N) is 1. The highest BCUT2D eigenvalue weighted by Gasteiger charge is 2.28. The van der Waals surface area contributed by atoms with Crippen molar-refractivity contribution in [2.75, 3.05) is 6.26 Å². The largest absolute Gasteiger partial charge is 0.306 e. The number of hydrogen-bond donors (Lipinski definition) is 1. The Hall–Kier alpha value is -1.57. The average molecular weight is 384 g/mol. The zero-order valence-corrected chi connectivity index (χ0v) is 16.2. The lowest BCUT2D eigenvalue weighted by Gasteiger charge is -2.07. The summed E-state index contributed by atoms with van der Waals surface area (Å²) in [4.78, 5) is 0.311. The maximum Gasteiger partial charge on any atom is 0.211 e. The van der Waals surface area contributed by atoms with E-state index in [2.05, 4.69) is 5.10 Å². The molecule has 0 bridgehead atoms. The number of hydrogen-bond acceptors (Lipinski definition) is 5. The lowest BCUT2D eigenvalue weighted by Crippen LogP contribution is -2.06. The Bertz CT molecular complexity index is 931. The second-order valence-electron chi connectivity index (χ2n) is 5.27. The van der Waals surface area contributed by atoms with Crippen molar-refractivity contribution in [3.63, 3.8) is 0 Å². The summed E-state index contributed by atoms with van der Waals surface area (Å²) in [6.45, 7) is 5.15. The number of sulfone groups is 1. The van der Waals surface area contributed by atoms with Gasteiger partial charge in [-0.15, -0.1) is 11.8 Å². The van der Waals surface area contributed by atoms with E-state index >= 15 is 0 Å². The van der Waals surface area contributed by atoms with Crippen LogP contribution in [0.1, 0.15) is 19.5 Å². The molecule has 0 unspecified atom stereocenters. The molecule has 2 rings (SSSR count). The first kappa shape index (κ1) is 18.8. The van der Waals surface area contributed by atoms with E-state index in [4.69, 9.17) is 17.0 Å². The smallest absolute Gasteiger partial charge is 0.211 e. The van der Waals surface area contributed by atoms with Gasteiger partial charge in [0.1, 0.15) is 9.92 Å². The highest BCUT2D eigenvalue weighted by Crippen LogP contribution is 2.33. The minimum absolute atomic E-state index is 0.137. The third-order valence-electron chi connectivity index (χ3n) is 3.36. The predicted molar refractivity (Wildman–Crippen MR) is 99.0 cm³/mol. The van der Waals surface area contributed by atoms with Gasteiger partial charge in [-0.25, -0.2) is 13.1 Å². The van der Waals surface area contributed by atoms with Gasteiger partial charge >= 0.3 is 0 Å². The van der Waals surface area contributed by atoms with E-state index in [0.717, 1.165) is 0 Å². The summed E-state index contributed by atoms with van der Waals surface area (Å²) in [5, 5.41) is 12.8. The normalized spacial score (nSPS) is 12.5. The van der Waals surface area contributed by atoms with E-state index in [1.54, 1.807) is 49.9 Å². The Kier molecular flexibility index (Phi) is 5.57. The van der Waals surface area contributed by atoms with Gasteiger partial charge in [-0.05, 0) is 51.3 Å². The molecule has 0 saturated heterocycles. The topological polar surface area (TPSA) is 75.8 Å². The van der Waals surface area contributed by atoms with E-state index in [-0.39, 0.29) is 9.79 Å². The molecule has 2 aromatic rings. The van der Waals surface area contributed by atoms with E-state index in [1.165, 1.54) is 23.9 Å². The molecule has 1 aromatic heterocycles. The first-order chi connectivity index (χ1) is 11.2. The van der Waals surface area contributed by atoms with Gasteiger partial charge in [0, 0.05) is 16.4 Å². The van der Waals surface area contributed by atoms with E-state index in [1.807, 2.05) is 0 Å². The summed E-state index contributed by atoms with van der Waals surface area (Å²) >= 11 is 7.21. The van der Waals surface area contributed by atoms with Crippen LogP contribution in [-0.2, 0) is 9.84 Å². The molecule has 24 heavy (non-hydrogen) atoms. The van der Waals surface area contributed by atoms with E-state index in [0.29, 0.717) is 27.2 Å². The van der Waals surface area contributed by atoms with Crippen LogP contribution in [0.2, 0.25) is 5.02 Å². The van der Waals surface area contributed by atoms with Crippen LogP contribution < -0.4 is 0 Å². The molecular formula is C16H18ClN3O2S2. The van der Waals surface area contributed by atoms with Gasteiger partial charge in [-0.2, -0.15) is 5.10 Å². The third kappa shape index (κ3) is 3.58. The average Bonchev–Trinajstić information content (AvgIpc) is 2.84. The summed E-state index contributed by atoms with van der Waals surface area (Å²) < 4.78 is 27.7. The summed E-state index contributed by atoms with van der Waals surface area (Å²) in [6, 6.07) is 6.19. The second-order valence-corrected chi connectivity index (χ2v) is 8.38. The molecule has 0 aliphatic heterocycles. The van der Waals surface area contributed by atoms with Crippen molar-refractivity contribution in [1.29, 1.82) is 5.41 Å².